The van der Waals surface area contributed by atoms with Crippen molar-refractivity contribution in [2.24, 2.45) is 5.92 Å². The lowest BCUT2D eigenvalue weighted by molar-refractivity contribution is -0.121. The molecule has 1 saturated heterocycles. The molecule has 2 aromatic rings. The van der Waals surface area contributed by atoms with Crippen LogP contribution in [0.1, 0.15) is 67.9 Å². The third-order valence-electron chi connectivity index (χ3n) is 7.71. The number of unbranched alkanes of at least 4 members (excludes halogenated alkanes) is 3. The van der Waals surface area contributed by atoms with Crippen molar-refractivity contribution in [1.29, 1.82) is 0 Å². The van der Waals surface area contributed by atoms with Crippen LogP contribution in [0.25, 0.3) is 10.9 Å². The van der Waals surface area contributed by atoms with Gasteiger partial charge in [0.15, 0.2) is 11.6 Å². The lowest BCUT2D eigenvalue weighted by Gasteiger charge is -2.37. The molecule has 2 aliphatic rings. The summed E-state index contributed by atoms with van der Waals surface area (Å²) in [5.74, 6) is 0.347. The predicted octanol–water partition coefficient (Wildman–Crippen LogP) is 3.93. The van der Waals surface area contributed by atoms with Crippen molar-refractivity contribution in [2.45, 2.75) is 64.8 Å². The number of piperazine rings is 1. The number of nitrogens with zero attached hydrogens (tertiary/aromatic N) is 3. The molecule has 1 atom stereocenters. The van der Waals surface area contributed by atoms with Gasteiger partial charge in [0.1, 0.15) is 6.61 Å². The summed E-state index contributed by atoms with van der Waals surface area (Å²) in [5.41, 5.74) is 3.33. The molecule has 0 spiro atoms. The monoisotopic (exact) mass is 467 g/mol. The van der Waals surface area contributed by atoms with Gasteiger partial charge < -0.3 is 19.5 Å². The van der Waals surface area contributed by atoms with Crippen LogP contribution in [0.4, 0.5) is 0 Å². The van der Waals surface area contributed by atoms with Crippen LogP contribution in [0.2, 0.25) is 0 Å². The van der Waals surface area contributed by atoms with Crippen LogP contribution in [0, 0.1) is 5.92 Å². The number of Topliss-reactive ketones (excluding diaryl/α,β-unsaturated/α-hetero) is 2. The molecular formula is C28H41N3O3. The summed E-state index contributed by atoms with van der Waals surface area (Å²) in [6, 6.07) is 8.35. The molecule has 1 aromatic heterocycles. The average molecular weight is 468 g/mol. The molecule has 34 heavy (non-hydrogen) atoms. The molecule has 186 valence electrons. The van der Waals surface area contributed by atoms with Crippen molar-refractivity contribution < 1.29 is 14.7 Å². The van der Waals surface area contributed by atoms with Gasteiger partial charge in [-0.05, 0) is 44.7 Å². The van der Waals surface area contributed by atoms with Gasteiger partial charge in [-0.3, -0.25) is 9.59 Å². The van der Waals surface area contributed by atoms with Gasteiger partial charge in [-0.15, -0.1) is 0 Å². The first-order valence-corrected chi connectivity index (χ1v) is 13.3. The van der Waals surface area contributed by atoms with E-state index in [9.17, 15) is 9.59 Å². The zero-order chi connectivity index (χ0) is 23.9. The van der Waals surface area contributed by atoms with Gasteiger partial charge in [0.05, 0.1) is 0 Å². The number of para-hydroxylation sites is 1. The third-order valence-corrected chi connectivity index (χ3v) is 7.71. The topological polar surface area (TPSA) is 65.8 Å². The fourth-order valence-corrected chi connectivity index (χ4v) is 5.70. The second kappa shape index (κ2) is 12.1. The van der Waals surface area contributed by atoms with E-state index >= 15 is 0 Å². The molecule has 0 amide bonds. The van der Waals surface area contributed by atoms with Gasteiger partial charge >= 0.3 is 0 Å². The van der Waals surface area contributed by atoms with E-state index in [0.29, 0.717) is 12.2 Å². The van der Waals surface area contributed by atoms with Crippen molar-refractivity contribution in [1.82, 2.24) is 14.4 Å². The Morgan fingerprint density at radius 2 is 1.76 bits per heavy atom. The summed E-state index contributed by atoms with van der Waals surface area (Å²) >= 11 is 0. The highest BCUT2D eigenvalue weighted by Crippen LogP contribution is 2.35. The summed E-state index contributed by atoms with van der Waals surface area (Å²) < 4.78 is 2.36. The molecule has 1 aliphatic carbocycles. The minimum atomic E-state index is -0.354. The zero-order valence-corrected chi connectivity index (χ0v) is 20.8. The summed E-state index contributed by atoms with van der Waals surface area (Å²) in [5, 5.41) is 10.00. The maximum atomic E-state index is 13.7. The molecule has 6 nitrogen and oxygen atoms in total. The van der Waals surface area contributed by atoms with Crippen LogP contribution in [-0.4, -0.2) is 76.9 Å². The number of hydrogen-bond donors (Lipinski definition) is 1. The summed E-state index contributed by atoms with van der Waals surface area (Å²) in [4.78, 5) is 30.1. The Hall–Kier alpha value is -2.02. The highest BCUT2D eigenvalue weighted by atomic mass is 16.3. The second-order valence-corrected chi connectivity index (χ2v) is 10.1. The number of benzene rings is 1. The lowest BCUT2D eigenvalue weighted by Crippen LogP contribution is -2.49. The second-order valence-electron chi connectivity index (χ2n) is 10.1. The van der Waals surface area contributed by atoms with Gasteiger partial charge in [0.2, 0.25) is 0 Å². The number of carbonyl (C=O) groups is 2. The molecule has 0 saturated carbocycles. The Morgan fingerprint density at radius 3 is 2.53 bits per heavy atom. The standard InChI is InChI=1S/C28H41N3O3/c1-2-3-14-29-16-18-30(19-17-29)20-22-12-13-26-27(28(22)34)24-10-6-7-11-25(24)31(26)15-8-4-5-9-23(33)21-32/h6-7,10-11,22,32H,2-5,8-9,12-21H2,1H3. The van der Waals surface area contributed by atoms with E-state index in [1.807, 2.05) is 6.07 Å². The summed E-state index contributed by atoms with van der Waals surface area (Å²) in [6.45, 7) is 9.24. The minimum Gasteiger partial charge on any atom is -0.389 e. The van der Waals surface area contributed by atoms with Gasteiger partial charge in [0.25, 0.3) is 0 Å². The van der Waals surface area contributed by atoms with Crippen LogP contribution in [0.5, 0.6) is 0 Å². The van der Waals surface area contributed by atoms with E-state index in [0.717, 1.165) is 87.8 Å². The van der Waals surface area contributed by atoms with Crippen molar-refractivity contribution in [2.75, 3.05) is 45.9 Å². The number of ketones is 2. The van der Waals surface area contributed by atoms with E-state index in [4.69, 9.17) is 5.11 Å². The highest BCUT2D eigenvalue weighted by Gasteiger charge is 2.34. The summed E-state index contributed by atoms with van der Waals surface area (Å²) in [7, 11) is 0. The van der Waals surface area contributed by atoms with Crippen LogP contribution >= 0.6 is 0 Å². The first-order chi connectivity index (χ1) is 16.6. The van der Waals surface area contributed by atoms with E-state index in [1.165, 1.54) is 25.1 Å². The van der Waals surface area contributed by atoms with Crippen LogP contribution in [0.15, 0.2) is 24.3 Å². The molecule has 0 radical (unpaired) electrons. The molecule has 4 rings (SSSR count). The number of aliphatic hydroxyl groups excluding tert-OH is 1. The Labute approximate surface area is 203 Å². The molecule has 1 aromatic carbocycles. The van der Waals surface area contributed by atoms with Crippen LogP contribution in [0.3, 0.4) is 0 Å². The van der Waals surface area contributed by atoms with E-state index < -0.39 is 0 Å². The Morgan fingerprint density at radius 1 is 1.00 bits per heavy atom. The van der Waals surface area contributed by atoms with Gasteiger partial charge in [0, 0.05) is 73.8 Å². The fraction of sp³-hybridized carbons (Fsp3) is 0.643. The molecule has 1 unspecified atom stereocenters. The number of carbonyl (C=O) groups excluding carboxylic acids is 2. The summed E-state index contributed by atoms with van der Waals surface area (Å²) in [6.07, 6.45) is 7.60. The zero-order valence-electron chi connectivity index (χ0n) is 20.8. The van der Waals surface area contributed by atoms with Crippen molar-refractivity contribution in [3.8, 4) is 0 Å². The number of rotatable bonds is 12. The van der Waals surface area contributed by atoms with Crippen molar-refractivity contribution >= 4 is 22.5 Å². The predicted molar refractivity (Wildman–Crippen MR) is 136 cm³/mol. The molecule has 1 N–H and O–H groups in total. The molecule has 1 aliphatic heterocycles. The first-order valence-electron chi connectivity index (χ1n) is 13.3. The maximum absolute atomic E-state index is 13.7. The lowest BCUT2D eigenvalue weighted by atomic mass is 9.84. The highest BCUT2D eigenvalue weighted by molar-refractivity contribution is 6.11. The van der Waals surface area contributed by atoms with Crippen LogP contribution in [-0.2, 0) is 17.8 Å². The largest absolute Gasteiger partial charge is 0.389 e. The Balaban J connectivity index is 1.40. The number of aryl methyl sites for hydroxylation is 1. The van der Waals surface area contributed by atoms with Gasteiger partial charge in [-0.2, -0.15) is 0 Å². The quantitative estimate of drug-likeness (QED) is 0.479. The van der Waals surface area contributed by atoms with Crippen molar-refractivity contribution in [3.05, 3.63) is 35.5 Å². The third kappa shape index (κ3) is 5.78. The molecule has 0 bridgehead atoms. The average Bonchev–Trinajstić information content (AvgIpc) is 3.19. The van der Waals surface area contributed by atoms with E-state index in [2.05, 4.69) is 39.5 Å². The van der Waals surface area contributed by atoms with E-state index in [-0.39, 0.29) is 18.3 Å². The normalized spacial score (nSPS) is 19.6. The SMILES string of the molecule is CCCCN1CCN(CC2CCc3c(c4ccccc4n3CCCCCC(=O)CO)C2=O)CC1. The molecule has 2 heterocycles. The van der Waals surface area contributed by atoms with E-state index in [1.54, 1.807) is 0 Å². The van der Waals surface area contributed by atoms with Crippen molar-refractivity contribution in [3.63, 3.8) is 0 Å². The van der Waals surface area contributed by atoms with Gasteiger partial charge in [-0.25, -0.2) is 0 Å². The van der Waals surface area contributed by atoms with Gasteiger partial charge in [-0.1, -0.05) is 38.0 Å². The van der Waals surface area contributed by atoms with Crippen LogP contribution < -0.4 is 0 Å². The Bertz CT molecular complexity index is 975. The first kappa shape index (κ1) is 25.1. The number of fused-ring (bicyclic) bond motifs is 3. The molecule has 1 fully saturated rings. The fourth-order valence-electron chi connectivity index (χ4n) is 5.70. The maximum Gasteiger partial charge on any atom is 0.169 e. The smallest absolute Gasteiger partial charge is 0.169 e. The molecular weight excluding hydrogens is 426 g/mol. The Kier molecular flexibility index (Phi) is 8.92. The number of aromatic nitrogens is 1. The molecule has 6 heteroatoms. The number of hydrogen-bond acceptors (Lipinski definition) is 5. The minimum absolute atomic E-state index is 0.0807. The number of aliphatic hydroxyl groups is 1.